The molecule has 1 aliphatic rings. The van der Waals surface area contributed by atoms with Crippen molar-refractivity contribution >= 4 is 11.5 Å². The van der Waals surface area contributed by atoms with Crippen LogP contribution in [0.2, 0.25) is 0 Å². The van der Waals surface area contributed by atoms with Crippen LogP contribution in [-0.4, -0.2) is 12.3 Å². The molecule has 1 aliphatic carbocycles. The summed E-state index contributed by atoms with van der Waals surface area (Å²) in [4.78, 5) is 11.3. The van der Waals surface area contributed by atoms with Crippen LogP contribution >= 0.6 is 0 Å². The minimum absolute atomic E-state index is 0.188. The van der Waals surface area contributed by atoms with Gasteiger partial charge in [-0.15, -0.1) is 0 Å². The van der Waals surface area contributed by atoms with Gasteiger partial charge in [-0.1, -0.05) is 12.1 Å². The standard InChI is InChI=1S/C11H12FNO/c12-9-3-1-2-4-10(9)13-7-11(14)8-5-6-8/h1-4,8,13H,5-7H2. The van der Waals surface area contributed by atoms with E-state index in [0.717, 1.165) is 12.8 Å². The highest BCUT2D eigenvalue weighted by molar-refractivity contribution is 5.87. The zero-order valence-electron chi connectivity index (χ0n) is 7.79. The number of hydrogen-bond donors (Lipinski definition) is 1. The number of rotatable bonds is 4. The van der Waals surface area contributed by atoms with Gasteiger partial charge in [0.1, 0.15) is 5.82 Å². The number of hydrogen-bond acceptors (Lipinski definition) is 2. The molecule has 0 unspecified atom stereocenters. The molecule has 1 aromatic rings. The summed E-state index contributed by atoms with van der Waals surface area (Å²) in [6.45, 7) is 0.242. The van der Waals surface area contributed by atoms with Gasteiger partial charge in [-0.25, -0.2) is 4.39 Å². The summed E-state index contributed by atoms with van der Waals surface area (Å²) in [6, 6.07) is 6.38. The fraction of sp³-hybridized carbons (Fsp3) is 0.364. The largest absolute Gasteiger partial charge is 0.376 e. The van der Waals surface area contributed by atoms with Crippen molar-refractivity contribution in [2.45, 2.75) is 12.8 Å². The first kappa shape index (κ1) is 9.19. The Morgan fingerprint density at radius 2 is 2.14 bits per heavy atom. The molecule has 0 bridgehead atoms. The minimum atomic E-state index is -0.309. The van der Waals surface area contributed by atoms with Crippen molar-refractivity contribution in [2.24, 2.45) is 5.92 Å². The van der Waals surface area contributed by atoms with Gasteiger partial charge in [0.05, 0.1) is 12.2 Å². The maximum absolute atomic E-state index is 13.1. The van der Waals surface area contributed by atoms with E-state index in [1.807, 2.05) is 0 Å². The lowest BCUT2D eigenvalue weighted by Crippen LogP contribution is -2.15. The maximum Gasteiger partial charge on any atom is 0.154 e. The monoisotopic (exact) mass is 193 g/mol. The third kappa shape index (κ3) is 2.10. The number of para-hydroxylation sites is 1. The summed E-state index contributed by atoms with van der Waals surface area (Å²) < 4.78 is 13.1. The molecule has 0 heterocycles. The van der Waals surface area contributed by atoms with Gasteiger partial charge < -0.3 is 5.32 Å². The van der Waals surface area contributed by atoms with Crippen LogP contribution in [0.1, 0.15) is 12.8 Å². The highest BCUT2D eigenvalue weighted by atomic mass is 19.1. The van der Waals surface area contributed by atoms with Gasteiger partial charge in [0.2, 0.25) is 0 Å². The predicted molar refractivity (Wildman–Crippen MR) is 52.6 cm³/mol. The van der Waals surface area contributed by atoms with Gasteiger partial charge >= 0.3 is 0 Å². The normalized spacial score (nSPS) is 15.2. The van der Waals surface area contributed by atoms with Crippen molar-refractivity contribution in [1.29, 1.82) is 0 Å². The summed E-state index contributed by atoms with van der Waals surface area (Å²) in [5, 5.41) is 2.81. The summed E-state index contributed by atoms with van der Waals surface area (Å²) >= 11 is 0. The van der Waals surface area contributed by atoms with Crippen molar-refractivity contribution in [1.82, 2.24) is 0 Å². The summed E-state index contributed by atoms with van der Waals surface area (Å²) in [7, 11) is 0. The lowest BCUT2D eigenvalue weighted by Gasteiger charge is -2.05. The molecule has 2 rings (SSSR count). The molecule has 0 aliphatic heterocycles. The molecule has 0 amide bonds. The molecule has 1 saturated carbocycles. The van der Waals surface area contributed by atoms with Gasteiger partial charge in [-0.2, -0.15) is 0 Å². The fourth-order valence-corrected chi connectivity index (χ4v) is 1.34. The van der Waals surface area contributed by atoms with Crippen LogP contribution < -0.4 is 5.32 Å². The lowest BCUT2D eigenvalue weighted by atomic mass is 10.2. The van der Waals surface area contributed by atoms with Gasteiger partial charge in [-0.3, -0.25) is 4.79 Å². The molecular weight excluding hydrogens is 181 g/mol. The van der Waals surface area contributed by atoms with E-state index < -0.39 is 0 Å². The fourth-order valence-electron chi connectivity index (χ4n) is 1.34. The third-order valence-corrected chi connectivity index (χ3v) is 2.36. The minimum Gasteiger partial charge on any atom is -0.376 e. The Balaban J connectivity index is 1.91. The second-order valence-corrected chi connectivity index (χ2v) is 3.57. The molecule has 3 heteroatoms. The first-order valence-corrected chi connectivity index (χ1v) is 4.78. The van der Waals surface area contributed by atoms with Crippen LogP contribution in [-0.2, 0) is 4.79 Å². The maximum atomic E-state index is 13.1. The SMILES string of the molecule is O=C(CNc1ccccc1F)C1CC1. The predicted octanol–water partition coefficient (Wildman–Crippen LogP) is 2.22. The Morgan fingerprint density at radius 1 is 1.43 bits per heavy atom. The van der Waals surface area contributed by atoms with E-state index in [1.54, 1.807) is 18.2 Å². The number of carbonyl (C=O) groups excluding carboxylic acids is 1. The van der Waals surface area contributed by atoms with E-state index >= 15 is 0 Å². The highest BCUT2D eigenvalue weighted by Crippen LogP contribution is 2.29. The Kier molecular flexibility index (Phi) is 2.48. The topological polar surface area (TPSA) is 29.1 Å². The zero-order chi connectivity index (χ0) is 9.97. The molecule has 14 heavy (non-hydrogen) atoms. The van der Waals surface area contributed by atoms with Gasteiger partial charge in [0.25, 0.3) is 0 Å². The van der Waals surface area contributed by atoms with Gasteiger partial charge in [-0.05, 0) is 25.0 Å². The smallest absolute Gasteiger partial charge is 0.154 e. The average molecular weight is 193 g/mol. The van der Waals surface area contributed by atoms with Crippen LogP contribution in [0.3, 0.4) is 0 Å². The van der Waals surface area contributed by atoms with E-state index in [-0.39, 0.29) is 24.1 Å². The first-order chi connectivity index (χ1) is 6.77. The van der Waals surface area contributed by atoms with Crippen LogP contribution in [0.4, 0.5) is 10.1 Å². The van der Waals surface area contributed by atoms with Crippen molar-refractivity contribution in [3.63, 3.8) is 0 Å². The molecule has 0 spiro atoms. The van der Waals surface area contributed by atoms with Crippen LogP contribution in [0.5, 0.6) is 0 Å². The number of nitrogens with one attached hydrogen (secondary N) is 1. The number of benzene rings is 1. The number of ketones is 1. The molecule has 2 nitrogen and oxygen atoms in total. The van der Waals surface area contributed by atoms with Gasteiger partial charge in [0.15, 0.2) is 5.78 Å². The zero-order valence-corrected chi connectivity index (χ0v) is 7.79. The van der Waals surface area contributed by atoms with Crippen LogP contribution in [0, 0.1) is 11.7 Å². The Labute approximate surface area is 82.1 Å². The summed E-state index contributed by atoms with van der Waals surface area (Å²) in [5.41, 5.74) is 0.404. The quantitative estimate of drug-likeness (QED) is 0.794. The van der Waals surface area contributed by atoms with Crippen molar-refractivity contribution < 1.29 is 9.18 Å². The summed E-state index contributed by atoms with van der Waals surface area (Å²) in [6.07, 6.45) is 2.00. The number of carbonyl (C=O) groups is 1. The van der Waals surface area contributed by atoms with Gasteiger partial charge in [0, 0.05) is 5.92 Å². The Morgan fingerprint density at radius 3 is 2.79 bits per heavy atom. The van der Waals surface area contributed by atoms with E-state index in [2.05, 4.69) is 5.32 Å². The molecule has 1 N–H and O–H groups in total. The van der Waals surface area contributed by atoms with E-state index in [9.17, 15) is 9.18 Å². The van der Waals surface area contributed by atoms with Crippen molar-refractivity contribution in [3.05, 3.63) is 30.1 Å². The highest BCUT2D eigenvalue weighted by Gasteiger charge is 2.28. The lowest BCUT2D eigenvalue weighted by molar-refractivity contribution is -0.118. The second kappa shape index (κ2) is 3.78. The molecule has 0 radical (unpaired) electrons. The Bertz CT molecular complexity index is 347. The average Bonchev–Trinajstić information content (AvgIpc) is 2.99. The molecule has 1 aromatic carbocycles. The molecule has 74 valence electrons. The molecule has 0 atom stereocenters. The first-order valence-electron chi connectivity index (χ1n) is 4.78. The number of Topliss-reactive ketones (excluding diaryl/α,β-unsaturated/α-hetero) is 1. The van der Waals surface area contributed by atoms with E-state index in [0.29, 0.717) is 5.69 Å². The van der Waals surface area contributed by atoms with Crippen molar-refractivity contribution in [3.8, 4) is 0 Å². The van der Waals surface area contributed by atoms with E-state index in [1.165, 1.54) is 6.07 Å². The molecular formula is C11H12FNO. The third-order valence-electron chi connectivity index (χ3n) is 2.36. The molecule has 0 saturated heterocycles. The molecule has 1 fully saturated rings. The second-order valence-electron chi connectivity index (χ2n) is 3.57. The number of anilines is 1. The number of halogens is 1. The molecule has 0 aromatic heterocycles. The van der Waals surface area contributed by atoms with Crippen LogP contribution in [0.25, 0.3) is 0 Å². The van der Waals surface area contributed by atoms with E-state index in [4.69, 9.17) is 0 Å². The van der Waals surface area contributed by atoms with Crippen LogP contribution in [0.15, 0.2) is 24.3 Å². The summed E-state index contributed by atoms with van der Waals surface area (Å²) in [5.74, 6) is 0.110. The van der Waals surface area contributed by atoms with Crippen molar-refractivity contribution in [2.75, 3.05) is 11.9 Å². The Hall–Kier alpha value is -1.38.